The minimum absolute atomic E-state index is 0.0503. The Morgan fingerprint density at radius 3 is 2.84 bits per heavy atom. The van der Waals surface area contributed by atoms with Gasteiger partial charge >= 0.3 is 5.97 Å². The van der Waals surface area contributed by atoms with Crippen molar-refractivity contribution in [1.82, 2.24) is 10.1 Å². The van der Waals surface area contributed by atoms with Crippen LogP contribution in [0.3, 0.4) is 0 Å². The van der Waals surface area contributed by atoms with E-state index in [-0.39, 0.29) is 37.4 Å². The quantitative estimate of drug-likeness (QED) is 0.787. The maximum absolute atomic E-state index is 12.0. The number of nitrogens with zero attached hydrogens (tertiary/aromatic N) is 2. The Labute approximate surface area is 110 Å². The molecule has 1 aromatic heterocycles. The summed E-state index contributed by atoms with van der Waals surface area (Å²) < 4.78 is 10.0. The molecule has 1 aromatic rings. The summed E-state index contributed by atoms with van der Waals surface area (Å²) in [5.74, 6) is -0.261. The first-order chi connectivity index (χ1) is 9.06. The van der Waals surface area contributed by atoms with Gasteiger partial charge in [0.25, 0.3) is 11.8 Å². The van der Waals surface area contributed by atoms with E-state index in [4.69, 9.17) is 14.4 Å². The Bertz CT molecular complexity index is 466. The third kappa shape index (κ3) is 3.97. The normalized spacial score (nSPS) is 14.2. The molecule has 0 bridgehead atoms. The van der Waals surface area contributed by atoms with Gasteiger partial charge in [-0.3, -0.25) is 9.59 Å². The largest absolute Gasteiger partial charge is 0.481 e. The third-order valence-corrected chi connectivity index (χ3v) is 2.82. The summed E-state index contributed by atoms with van der Waals surface area (Å²) in [4.78, 5) is 24.1. The van der Waals surface area contributed by atoms with Gasteiger partial charge in [0.2, 0.25) is 0 Å². The number of ether oxygens (including phenoxy) is 1. The minimum atomic E-state index is -0.911. The highest BCUT2D eigenvalue weighted by Crippen LogP contribution is 2.27. The fourth-order valence-electron chi connectivity index (χ4n) is 1.74. The van der Waals surface area contributed by atoms with Crippen LogP contribution >= 0.6 is 0 Å². The zero-order chi connectivity index (χ0) is 13.8. The van der Waals surface area contributed by atoms with E-state index in [0.29, 0.717) is 5.76 Å². The first-order valence-electron chi connectivity index (χ1n) is 6.13. The lowest BCUT2D eigenvalue weighted by Gasteiger charge is -2.21. The zero-order valence-corrected chi connectivity index (χ0v) is 10.7. The highest BCUT2D eigenvalue weighted by Gasteiger charge is 2.32. The van der Waals surface area contributed by atoms with Gasteiger partial charge in [-0.25, -0.2) is 0 Å². The second kappa shape index (κ2) is 5.73. The van der Waals surface area contributed by atoms with Gasteiger partial charge in [0.15, 0.2) is 6.61 Å². The molecule has 2 rings (SSSR count). The summed E-state index contributed by atoms with van der Waals surface area (Å²) in [6, 6.07) is 1.75. The van der Waals surface area contributed by atoms with Crippen molar-refractivity contribution in [2.24, 2.45) is 0 Å². The van der Waals surface area contributed by atoms with Crippen LogP contribution in [0.2, 0.25) is 0 Å². The second-order valence-corrected chi connectivity index (χ2v) is 4.53. The Morgan fingerprint density at radius 1 is 1.58 bits per heavy atom. The number of aryl methyl sites for hydroxylation is 1. The molecule has 7 nitrogen and oxygen atoms in total. The fraction of sp³-hybridized carbons (Fsp3) is 0.583. The molecular weight excluding hydrogens is 252 g/mol. The van der Waals surface area contributed by atoms with Crippen LogP contribution in [-0.2, 0) is 9.59 Å². The predicted molar refractivity (Wildman–Crippen MR) is 63.7 cm³/mol. The van der Waals surface area contributed by atoms with Crippen LogP contribution in [0.5, 0.6) is 5.88 Å². The maximum Gasteiger partial charge on any atom is 0.305 e. The molecule has 7 heteroatoms. The van der Waals surface area contributed by atoms with Crippen LogP contribution in [0.4, 0.5) is 0 Å². The summed E-state index contributed by atoms with van der Waals surface area (Å²) in [5, 5.41) is 12.3. The van der Waals surface area contributed by atoms with Crippen LogP contribution in [0, 0.1) is 6.92 Å². The Hall–Kier alpha value is -2.05. The van der Waals surface area contributed by atoms with Gasteiger partial charge in [-0.05, 0) is 24.9 Å². The number of amides is 1. The smallest absolute Gasteiger partial charge is 0.305 e. The summed E-state index contributed by atoms with van der Waals surface area (Å²) >= 11 is 0. The standard InChI is InChI=1S/C12H16N2O5/c1-8-6-10(13-19-8)18-7-11(15)14(9-2-3-9)5-4-12(16)17/h6,9H,2-5,7H2,1H3,(H,16,17). The highest BCUT2D eigenvalue weighted by molar-refractivity contribution is 5.79. The van der Waals surface area contributed by atoms with Crippen molar-refractivity contribution >= 4 is 11.9 Å². The van der Waals surface area contributed by atoms with E-state index in [1.54, 1.807) is 17.9 Å². The molecule has 1 aliphatic rings. The van der Waals surface area contributed by atoms with Crippen LogP contribution in [0.15, 0.2) is 10.6 Å². The van der Waals surface area contributed by atoms with E-state index >= 15 is 0 Å². The van der Waals surface area contributed by atoms with E-state index in [1.165, 1.54) is 0 Å². The number of carbonyl (C=O) groups is 2. The number of carboxylic acid groups (broad SMARTS) is 1. The molecule has 0 atom stereocenters. The number of carbonyl (C=O) groups excluding carboxylic acids is 1. The Morgan fingerprint density at radius 2 is 2.32 bits per heavy atom. The fourth-order valence-corrected chi connectivity index (χ4v) is 1.74. The molecule has 0 radical (unpaired) electrons. The van der Waals surface area contributed by atoms with Crippen molar-refractivity contribution in [3.8, 4) is 5.88 Å². The molecule has 1 saturated carbocycles. The van der Waals surface area contributed by atoms with Crippen LogP contribution in [-0.4, -0.2) is 46.2 Å². The average molecular weight is 268 g/mol. The molecule has 104 valence electrons. The number of aromatic nitrogens is 1. The summed E-state index contributed by atoms with van der Waals surface area (Å²) in [5.41, 5.74) is 0. The lowest BCUT2D eigenvalue weighted by atomic mass is 10.3. The lowest BCUT2D eigenvalue weighted by molar-refractivity contribution is -0.139. The van der Waals surface area contributed by atoms with E-state index in [1.807, 2.05) is 0 Å². The van der Waals surface area contributed by atoms with Crippen molar-refractivity contribution < 1.29 is 24.0 Å². The third-order valence-electron chi connectivity index (χ3n) is 2.82. The highest BCUT2D eigenvalue weighted by atomic mass is 16.5. The van der Waals surface area contributed by atoms with E-state index in [2.05, 4.69) is 5.16 Å². The van der Waals surface area contributed by atoms with Crippen molar-refractivity contribution in [1.29, 1.82) is 0 Å². The second-order valence-electron chi connectivity index (χ2n) is 4.53. The van der Waals surface area contributed by atoms with Crippen molar-refractivity contribution in [3.63, 3.8) is 0 Å². The molecule has 1 fully saturated rings. The molecule has 19 heavy (non-hydrogen) atoms. The molecule has 1 aliphatic carbocycles. The molecule has 0 spiro atoms. The van der Waals surface area contributed by atoms with Crippen LogP contribution in [0.25, 0.3) is 0 Å². The number of hydrogen-bond donors (Lipinski definition) is 1. The van der Waals surface area contributed by atoms with Crippen molar-refractivity contribution in [2.45, 2.75) is 32.2 Å². The molecular formula is C12H16N2O5. The first-order valence-corrected chi connectivity index (χ1v) is 6.13. The predicted octanol–water partition coefficient (Wildman–Crippen LogP) is 0.828. The zero-order valence-electron chi connectivity index (χ0n) is 10.7. The van der Waals surface area contributed by atoms with Gasteiger partial charge in [-0.2, -0.15) is 0 Å². The van der Waals surface area contributed by atoms with Crippen molar-refractivity contribution in [3.05, 3.63) is 11.8 Å². The van der Waals surface area contributed by atoms with Gasteiger partial charge in [-0.1, -0.05) is 0 Å². The number of aliphatic carboxylic acids is 1. The monoisotopic (exact) mass is 268 g/mol. The van der Waals surface area contributed by atoms with Gasteiger partial charge < -0.3 is 19.3 Å². The number of hydrogen-bond acceptors (Lipinski definition) is 5. The molecule has 0 aromatic carbocycles. The van der Waals surface area contributed by atoms with Gasteiger partial charge in [0, 0.05) is 18.7 Å². The molecule has 0 unspecified atom stereocenters. The van der Waals surface area contributed by atoms with E-state index in [0.717, 1.165) is 12.8 Å². The van der Waals surface area contributed by atoms with Crippen LogP contribution in [0.1, 0.15) is 25.0 Å². The summed E-state index contributed by atoms with van der Waals surface area (Å²) in [7, 11) is 0. The van der Waals surface area contributed by atoms with Gasteiger partial charge in [0.1, 0.15) is 5.76 Å². The minimum Gasteiger partial charge on any atom is -0.481 e. The Balaban J connectivity index is 1.83. The van der Waals surface area contributed by atoms with Gasteiger partial charge in [0.05, 0.1) is 6.42 Å². The summed E-state index contributed by atoms with van der Waals surface area (Å²) in [6.45, 7) is 1.80. The molecule has 1 amide bonds. The molecule has 1 heterocycles. The van der Waals surface area contributed by atoms with Crippen LogP contribution < -0.4 is 4.74 Å². The number of rotatable bonds is 7. The lowest BCUT2D eigenvalue weighted by Crippen LogP contribution is -2.38. The SMILES string of the molecule is Cc1cc(OCC(=O)N(CCC(=O)O)C2CC2)no1. The van der Waals surface area contributed by atoms with Crippen molar-refractivity contribution in [2.75, 3.05) is 13.2 Å². The molecule has 1 N–H and O–H groups in total. The maximum atomic E-state index is 12.0. The molecule has 0 saturated heterocycles. The summed E-state index contributed by atoms with van der Waals surface area (Å²) in [6.07, 6.45) is 1.80. The van der Waals surface area contributed by atoms with E-state index in [9.17, 15) is 9.59 Å². The average Bonchev–Trinajstić information content (AvgIpc) is 3.09. The van der Waals surface area contributed by atoms with Gasteiger partial charge in [-0.15, -0.1) is 0 Å². The first kappa shape index (κ1) is 13.4. The molecule has 0 aliphatic heterocycles. The number of carboxylic acids is 1. The van der Waals surface area contributed by atoms with E-state index < -0.39 is 5.97 Å². The topological polar surface area (TPSA) is 92.9 Å². The Kier molecular flexibility index (Phi) is 4.03.